The van der Waals surface area contributed by atoms with Crippen molar-refractivity contribution in [2.45, 2.75) is 25.7 Å². The van der Waals surface area contributed by atoms with Gasteiger partial charge in [-0.15, -0.1) is 0 Å². The number of amides is 1. The van der Waals surface area contributed by atoms with Gasteiger partial charge in [-0.25, -0.2) is 9.18 Å². The lowest BCUT2D eigenvalue weighted by Gasteiger charge is -2.17. The monoisotopic (exact) mass is 263 g/mol. The van der Waals surface area contributed by atoms with Gasteiger partial charge in [0.2, 0.25) is 0 Å². The molecule has 0 atom stereocenters. The predicted octanol–water partition coefficient (Wildman–Crippen LogP) is 2.72. The molecule has 0 fully saturated rings. The van der Waals surface area contributed by atoms with Crippen LogP contribution in [0.3, 0.4) is 0 Å². The number of aliphatic carboxylic acids is 1. The second-order valence-corrected chi connectivity index (χ2v) is 4.43. The highest BCUT2D eigenvalue weighted by Gasteiger charge is 2.23. The van der Waals surface area contributed by atoms with Crippen molar-refractivity contribution in [3.05, 3.63) is 41.2 Å². The summed E-state index contributed by atoms with van der Waals surface area (Å²) in [6, 6.07) is 5.36. The fourth-order valence-electron chi connectivity index (χ4n) is 2.13. The zero-order chi connectivity index (χ0) is 13.8. The molecule has 0 radical (unpaired) electrons. The Labute approximate surface area is 109 Å². The van der Waals surface area contributed by atoms with Crippen LogP contribution in [0.25, 0.3) is 0 Å². The second-order valence-electron chi connectivity index (χ2n) is 4.43. The van der Waals surface area contributed by atoms with E-state index in [-0.39, 0.29) is 11.4 Å². The van der Waals surface area contributed by atoms with Crippen molar-refractivity contribution in [3.63, 3.8) is 0 Å². The second kappa shape index (κ2) is 5.65. The summed E-state index contributed by atoms with van der Waals surface area (Å²) in [5.74, 6) is -1.84. The lowest BCUT2D eigenvalue weighted by Crippen LogP contribution is -2.21. The van der Waals surface area contributed by atoms with Crippen molar-refractivity contribution in [2.24, 2.45) is 0 Å². The predicted molar refractivity (Wildman–Crippen MR) is 68.2 cm³/mol. The third-order valence-electron chi connectivity index (χ3n) is 3.10. The molecule has 1 aromatic carbocycles. The van der Waals surface area contributed by atoms with Crippen LogP contribution in [-0.4, -0.2) is 17.0 Å². The molecule has 4 nitrogen and oxygen atoms in total. The number of carbonyl (C=O) groups is 2. The minimum atomic E-state index is -1.04. The number of carboxylic acids is 1. The van der Waals surface area contributed by atoms with Crippen LogP contribution in [0.1, 0.15) is 25.7 Å². The molecule has 1 aromatic rings. The van der Waals surface area contributed by atoms with Gasteiger partial charge < -0.3 is 10.4 Å². The standard InChI is InChI=1S/C14H14FNO3/c15-9-5-7-10(8-6-9)16-13(17)11-3-1-2-4-12(11)14(18)19/h5-8H,1-4H2,(H,16,17)(H,18,19). The summed E-state index contributed by atoms with van der Waals surface area (Å²) in [7, 11) is 0. The van der Waals surface area contributed by atoms with Gasteiger partial charge in [-0.1, -0.05) is 0 Å². The van der Waals surface area contributed by atoms with Crippen molar-refractivity contribution < 1.29 is 19.1 Å². The van der Waals surface area contributed by atoms with Crippen LogP contribution in [0.5, 0.6) is 0 Å². The van der Waals surface area contributed by atoms with Crippen LogP contribution < -0.4 is 5.32 Å². The summed E-state index contributed by atoms with van der Waals surface area (Å²) >= 11 is 0. The van der Waals surface area contributed by atoms with E-state index in [9.17, 15) is 14.0 Å². The molecule has 0 unspecified atom stereocenters. The Morgan fingerprint density at radius 1 is 1.05 bits per heavy atom. The molecule has 0 saturated heterocycles. The van der Waals surface area contributed by atoms with Gasteiger partial charge in [0, 0.05) is 16.8 Å². The highest BCUT2D eigenvalue weighted by atomic mass is 19.1. The molecule has 19 heavy (non-hydrogen) atoms. The summed E-state index contributed by atoms with van der Waals surface area (Å²) in [5, 5.41) is 11.7. The molecular formula is C14H14FNO3. The van der Waals surface area contributed by atoms with Gasteiger partial charge in [-0.3, -0.25) is 4.79 Å². The molecule has 0 spiro atoms. The average Bonchev–Trinajstić information content (AvgIpc) is 2.41. The van der Waals surface area contributed by atoms with Crippen LogP contribution in [0, 0.1) is 5.82 Å². The van der Waals surface area contributed by atoms with E-state index in [1.165, 1.54) is 24.3 Å². The Bertz CT molecular complexity index is 534. The first kappa shape index (κ1) is 13.3. The van der Waals surface area contributed by atoms with Crippen LogP contribution >= 0.6 is 0 Å². The Morgan fingerprint density at radius 2 is 1.63 bits per heavy atom. The van der Waals surface area contributed by atoms with E-state index in [4.69, 9.17) is 5.11 Å². The lowest BCUT2D eigenvalue weighted by molar-refractivity contribution is -0.133. The van der Waals surface area contributed by atoms with E-state index in [0.29, 0.717) is 24.1 Å². The maximum absolute atomic E-state index is 12.7. The first-order valence-electron chi connectivity index (χ1n) is 6.10. The molecule has 0 heterocycles. The largest absolute Gasteiger partial charge is 0.478 e. The Hall–Kier alpha value is -2.17. The fraction of sp³-hybridized carbons (Fsp3) is 0.286. The van der Waals surface area contributed by atoms with Crippen LogP contribution in [0.2, 0.25) is 0 Å². The molecule has 1 aliphatic rings. The molecule has 1 aliphatic carbocycles. The molecule has 0 aromatic heterocycles. The Morgan fingerprint density at radius 3 is 2.21 bits per heavy atom. The highest BCUT2D eigenvalue weighted by Crippen LogP contribution is 2.26. The quantitative estimate of drug-likeness (QED) is 0.881. The highest BCUT2D eigenvalue weighted by molar-refractivity contribution is 6.08. The summed E-state index contributed by atoms with van der Waals surface area (Å²) < 4.78 is 12.7. The zero-order valence-electron chi connectivity index (χ0n) is 10.3. The summed E-state index contributed by atoms with van der Waals surface area (Å²) in [4.78, 5) is 23.1. The van der Waals surface area contributed by atoms with Gasteiger partial charge in [-0.05, 0) is 49.9 Å². The molecule has 0 saturated carbocycles. The zero-order valence-corrected chi connectivity index (χ0v) is 10.3. The van der Waals surface area contributed by atoms with Crippen molar-refractivity contribution in [2.75, 3.05) is 5.32 Å². The van der Waals surface area contributed by atoms with E-state index in [1.54, 1.807) is 0 Å². The number of benzene rings is 1. The van der Waals surface area contributed by atoms with Gasteiger partial charge in [-0.2, -0.15) is 0 Å². The van der Waals surface area contributed by atoms with Crippen LogP contribution in [0.4, 0.5) is 10.1 Å². The van der Waals surface area contributed by atoms with Gasteiger partial charge in [0.15, 0.2) is 0 Å². The molecule has 2 N–H and O–H groups in total. The maximum atomic E-state index is 12.7. The number of carboxylic acid groups (broad SMARTS) is 1. The summed E-state index contributed by atoms with van der Waals surface area (Å²) in [6.45, 7) is 0. The van der Waals surface area contributed by atoms with Gasteiger partial charge in [0.05, 0.1) is 0 Å². The van der Waals surface area contributed by atoms with Crippen molar-refractivity contribution in [1.29, 1.82) is 0 Å². The Balaban J connectivity index is 2.18. The van der Waals surface area contributed by atoms with E-state index in [2.05, 4.69) is 5.32 Å². The number of hydrogen-bond donors (Lipinski definition) is 2. The maximum Gasteiger partial charge on any atom is 0.332 e. The Kier molecular flexibility index (Phi) is 3.94. The third-order valence-corrected chi connectivity index (χ3v) is 3.10. The number of anilines is 1. The summed E-state index contributed by atoms with van der Waals surface area (Å²) in [5.41, 5.74) is 0.961. The molecule has 1 amide bonds. The summed E-state index contributed by atoms with van der Waals surface area (Å²) in [6.07, 6.45) is 2.48. The van der Waals surface area contributed by atoms with E-state index < -0.39 is 11.9 Å². The van der Waals surface area contributed by atoms with Crippen LogP contribution in [-0.2, 0) is 9.59 Å². The molecule has 5 heteroatoms. The molecule has 2 rings (SSSR count). The molecule has 100 valence electrons. The van der Waals surface area contributed by atoms with Gasteiger partial charge >= 0.3 is 5.97 Å². The van der Waals surface area contributed by atoms with Crippen molar-refractivity contribution in [3.8, 4) is 0 Å². The van der Waals surface area contributed by atoms with E-state index in [0.717, 1.165) is 12.8 Å². The first-order chi connectivity index (χ1) is 9.08. The fourth-order valence-corrected chi connectivity index (χ4v) is 2.13. The smallest absolute Gasteiger partial charge is 0.332 e. The molecule has 0 bridgehead atoms. The third kappa shape index (κ3) is 3.19. The lowest BCUT2D eigenvalue weighted by atomic mass is 9.91. The number of halogens is 1. The minimum absolute atomic E-state index is 0.186. The number of rotatable bonds is 3. The average molecular weight is 263 g/mol. The molecule has 0 aliphatic heterocycles. The van der Waals surface area contributed by atoms with Crippen molar-refractivity contribution in [1.82, 2.24) is 0 Å². The van der Waals surface area contributed by atoms with Gasteiger partial charge in [0.1, 0.15) is 5.82 Å². The SMILES string of the molecule is O=C(O)C1=C(C(=O)Nc2ccc(F)cc2)CCCC1. The van der Waals surface area contributed by atoms with Gasteiger partial charge in [0.25, 0.3) is 5.91 Å². The topological polar surface area (TPSA) is 66.4 Å². The van der Waals surface area contributed by atoms with E-state index >= 15 is 0 Å². The number of carbonyl (C=O) groups excluding carboxylic acids is 1. The van der Waals surface area contributed by atoms with Crippen molar-refractivity contribution >= 4 is 17.6 Å². The normalized spacial score (nSPS) is 15.2. The van der Waals surface area contributed by atoms with E-state index in [1.807, 2.05) is 0 Å². The van der Waals surface area contributed by atoms with Crippen LogP contribution in [0.15, 0.2) is 35.4 Å². The molecular weight excluding hydrogens is 249 g/mol. The minimum Gasteiger partial charge on any atom is -0.478 e. The first-order valence-corrected chi connectivity index (χ1v) is 6.10. The number of nitrogens with one attached hydrogen (secondary N) is 1. The number of hydrogen-bond acceptors (Lipinski definition) is 2.